The lowest BCUT2D eigenvalue weighted by atomic mass is 11.6. The summed E-state index contributed by atoms with van der Waals surface area (Å²) in [5.74, 6) is 0. The molecule has 0 aromatic heterocycles. The van der Waals surface area contributed by atoms with Crippen LogP contribution in [0.2, 0.25) is 32.7 Å². The summed E-state index contributed by atoms with van der Waals surface area (Å²) in [6.45, 7) is 11.9. The second kappa shape index (κ2) is 4.19. The first kappa shape index (κ1) is 12.6. The SMILES string of the molecule is CO[Si](C)(C)[Si](C)(C)N(C)[SiH2]C. The van der Waals surface area contributed by atoms with E-state index in [-0.39, 0.29) is 9.68 Å². The van der Waals surface area contributed by atoms with E-state index in [0.717, 1.165) is 0 Å². The van der Waals surface area contributed by atoms with Gasteiger partial charge in [-0.1, -0.05) is 19.6 Å². The fourth-order valence-corrected chi connectivity index (χ4v) is 14.8. The van der Waals surface area contributed by atoms with E-state index in [9.17, 15) is 0 Å². The topological polar surface area (TPSA) is 12.5 Å². The fourth-order valence-electron chi connectivity index (χ4n) is 1.10. The maximum atomic E-state index is 5.71. The lowest BCUT2D eigenvalue weighted by Gasteiger charge is -2.43. The summed E-state index contributed by atoms with van der Waals surface area (Å²) in [4.78, 5) is 0. The Morgan fingerprint density at radius 1 is 1.17 bits per heavy atom. The van der Waals surface area contributed by atoms with E-state index in [2.05, 4.69) is 44.0 Å². The lowest BCUT2D eigenvalue weighted by molar-refractivity contribution is 0.416. The molecule has 0 atom stereocenters. The Balaban J connectivity index is 4.58. The van der Waals surface area contributed by atoms with Crippen molar-refractivity contribution in [3.05, 3.63) is 0 Å². The lowest BCUT2D eigenvalue weighted by Crippen LogP contribution is -2.66. The first-order chi connectivity index (χ1) is 5.29. The normalized spacial score (nSPS) is 15.0. The third kappa shape index (κ3) is 2.29. The summed E-state index contributed by atoms with van der Waals surface area (Å²) in [5.41, 5.74) is 0. The van der Waals surface area contributed by atoms with Gasteiger partial charge in [-0.05, 0) is 20.1 Å². The quantitative estimate of drug-likeness (QED) is 0.661. The van der Waals surface area contributed by atoms with E-state index in [1.165, 1.54) is 0 Å². The summed E-state index contributed by atoms with van der Waals surface area (Å²) in [5, 5.41) is 0. The van der Waals surface area contributed by atoms with Gasteiger partial charge in [-0.2, -0.15) is 0 Å². The molecule has 2 nitrogen and oxygen atoms in total. The Bertz CT molecular complexity index is 150. The molecule has 0 amide bonds. The van der Waals surface area contributed by atoms with Gasteiger partial charge in [0.25, 0.3) is 0 Å². The van der Waals surface area contributed by atoms with Crippen LogP contribution in [0.4, 0.5) is 0 Å². The molecule has 0 aliphatic rings. The van der Waals surface area contributed by atoms with Gasteiger partial charge in [0.2, 0.25) is 0 Å². The Morgan fingerprint density at radius 2 is 1.58 bits per heavy atom. The van der Waals surface area contributed by atoms with Gasteiger partial charge in [0.1, 0.15) is 7.75 Å². The van der Waals surface area contributed by atoms with Crippen LogP contribution in [0.3, 0.4) is 0 Å². The van der Waals surface area contributed by atoms with Crippen molar-refractivity contribution in [2.45, 2.75) is 32.7 Å². The van der Waals surface area contributed by atoms with Crippen LogP contribution < -0.4 is 0 Å². The van der Waals surface area contributed by atoms with Gasteiger partial charge >= 0.3 is 0 Å². The molecule has 0 heterocycles. The molecule has 0 aliphatic carbocycles. The van der Waals surface area contributed by atoms with Crippen LogP contribution in [-0.4, -0.2) is 43.7 Å². The van der Waals surface area contributed by atoms with Crippen molar-refractivity contribution in [3.8, 4) is 0 Å². The van der Waals surface area contributed by atoms with Crippen molar-refractivity contribution in [1.29, 1.82) is 0 Å². The van der Waals surface area contributed by atoms with Crippen molar-refractivity contribution in [2.75, 3.05) is 14.2 Å². The van der Waals surface area contributed by atoms with Gasteiger partial charge in [0.15, 0.2) is 7.83 Å². The molecular weight excluding hydrogens is 198 g/mol. The Morgan fingerprint density at radius 3 is 1.83 bits per heavy atom. The van der Waals surface area contributed by atoms with E-state index >= 15 is 0 Å². The van der Waals surface area contributed by atoms with Gasteiger partial charge in [0.05, 0.1) is 9.68 Å². The van der Waals surface area contributed by atoms with E-state index in [1.54, 1.807) is 0 Å². The summed E-state index contributed by atoms with van der Waals surface area (Å²) < 4.78 is 8.35. The van der Waals surface area contributed by atoms with Crippen LogP contribution in [0.15, 0.2) is 0 Å². The summed E-state index contributed by atoms with van der Waals surface area (Å²) in [6.07, 6.45) is 0. The van der Waals surface area contributed by atoms with Gasteiger partial charge in [-0.15, -0.1) is 0 Å². The monoisotopic (exact) mass is 221 g/mol. The molecule has 0 rings (SSSR count). The highest BCUT2D eigenvalue weighted by molar-refractivity contribution is 7.38. The molecule has 0 unspecified atom stereocenters. The minimum absolute atomic E-state index is 0.00515. The Kier molecular flexibility index (Phi) is 4.39. The molecule has 0 saturated carbocycles. The highest BCUT2D eigenvalue weighted by Gasteiger charge is 2.44. The van der Waals surface area contributed by atoms with Gasteiger partial charge in [-0.25, -0.2) is 0 Å². The van der Waals surface area contributed by atoms with Crippen LogP contribution >= 0.6 is 0 Å². The maximum Gasteiger partial charge on any atom is 0.189 e. The Labute approximate surface area is 81.2 Å². The Hall–Kier alpha value is 0.571. The van der Waals surface area contributed by atoms with Crippen molar-refractivity contribution in [2.24, 2.45) is 0 Å². The molecule has 0 N–H and O–H groups in total. The van der Waals surface area contributed by atoms with Crippen LogP contribution in [0.1, 0.15) is 0 Å². The van der Waals surface area contributed by atoms with Crippen LogP contribution in [0.5, 0.6) is 0 Å². The van der Waals surface area contributed by atoms with Crippen molar-refractivity contribution in [3.63, 3.8) is 0 Å². The molecule has 0 aromatic rings. The zero-order valence-corrected chi connectivity index (χ0v) is 13.0. The van der Waals surface area contributed by atoms with Gasteiger partial charge in [-0.3, -0.25) is 0 Å². The summed E-state index contributed by atoms with van der Waals surface area (Å²) in [7, 11) is 1.55. The average Bonchev–Trinajstić information content (AvgIpc) is 2.02. The van der Waals surface area contributed by atoms with Crippen molar-refractivity contribution in [1.82, 2.24) is 4.23 Å². The molecule has 0 aromatic carbocycles. The minimum atomic E-state index is -1.39. The number of hydrogen-bond acceptors (Lipinski definition) is 2. The minimum Gasteiger partial charge on any atom is -0.422 e. The van der Waals surface area contributed by atoms with Crippen molar-refractivity contribution < 1.29 is 4.43 Å². The zero-order chi connectivity index (χ0) is 9.99. The smallest absolute Gasteiger partial charge is 0.189 e. The molecule has 0 saturated heterocycles. The molecule has 12 heavy (non-hydrogen) atoms. The summed E-state index contributed by atoms with van der Waals surface area (Å²) in [6, 6.07) is 0. The second-order valence-electron chi connectivity index (χ2n) is 4.29. The largest absolute Gasteiger partial charge is 0.422 e. The van der Waals surface area contributed by atoms with Crippen LogP contribution in [-0.2, 0) is 4.43 Å². The molecule has 0 bridgehead atoms. The van der Waals surface area contributed by atoms with E-state index in [0.29, 0.717) is 0 Å². The molecule has 0 fully saturated rings. The van der Waals surface area contributed by atoms with Crippen LogP contribution in [0.25, 0.3) is 0 Å². The molecule has 74 valence electrons. The molecule has 5 heteroatoms. The first-order valence-electron chi connectivity index (χ1n) is 4.56. The third-order valence-electron chi connectivity index (χ3n) is 3.41. The fraction of sp³-hybridized carbons (Fsp3) is 1.00. The summed E-state index contributed by atoms with van der Waals surface area (Å²) >= 11 is 0. The standard InChI is InChI=1S/C7H23NOSi3/c1-8(10-3)11(4,5)12(6,7)9-2/h10H2,1-7H3. The number of rotatable bonds is 4. The maximum absolute atomic E-state index is 5.71. The predicted octanol–water partition coefficient (Wildman–Crippen LogP) is 1.19. The van der Waals surface area contributed by atoms with E-state index in [1.807, 2.05) is 7.11 Å². The molecule has 0 aliphatic heterocycles. The second-order valence-corrected chi connectivity index (χ2v) is 21.1. The first-order valence-corrected chi connectivity index (χ1v) is 13.5. The number of nitrogens with zero attached hydrogens (tertiary/aromatic N) is 1. The molecule has 0 radical (unpaired) electrons. The highest BCUT2D eigenvalue weighted by atomic mass is 29.3. The van der Waals surface area contributed by atoms with Gasteiger partial charge < -0.3 is 8.66 Å². The van der Waals surface area contributed by atoms with Gasteiger partial charge in [0, 0.05) is 7.11 Å². The van der Waals surface area contributed by atoms with E-state index < -0.39 is 15.6 Å². The third-order valence-corrected chi connectivity index (χ3v) is 25.1. The van der Waals surface area contributed by atoms with E-state index in [4.69, 9.17) is 4.43 Å². The van der Waals surface area contributed by atoms with Crippen LogP contribution in [0, 0.1) is 0 Å². The van der Waals surface area contributed by atoms with Crippen molar-refractivity contribution >= 4 is 25.3 Å². The zero-order valence-electron chi connectivity index (χ0n) is 9.56. The molecule has 0 spiro atoms. The average molecular weight is 222 g/mol. The number of hydrogen-bond donors (Lipinski definition) is 0. The predicted molar refractivity (Wildman–Crippen MR) is 64.1 cm³/mol. The molecular formula is C7H23NOSi3. The highest BCUT2D eigenvalue weighted by Crippen LogP contribution is 2.21.